The van der Waals surface area contributed by atoms with E-state index < -0.39 is 5.97 Å². The number of carboxylic acid groups (broad SMARTS) is 1. The summed E-state index contributed by atoms with van der Waals surface area (Å²) in [7, 11) is 0. The number of imidazole rings is 1. The zero-order valence-electron chi connectivity index (χ0n) is 11.5. The fourth-order valence-electron chi connectivity index (χ4n) is 2.51. The largest absolute Gasteiger partial charge is 0.480 e. The van der Waals surface area contributed by atoms with E-state index >= 15 is 0 Å². The molecule has 1 aromatic heterocycles. The molecule has 1 fully saturated rings. The molecule has 0 amide bonds. The standard InChI is InChI=1S/C13H22N4O2/c1-2-17-7-4-14-12(17)10-15-5-3-6-16(9-8-15)11-13(18)19/h4,7H,2-3,5-6,8-11H2,1H3,(H,18,19). The van der Waals surface area contributed by atoms with Crippen molar-refractivity contribution in [3.63, 3.8) is 0 Å². The third-order valence-corrected chi connectivity index (χ3v) is 3.55. The van der Waals surface area contributed by atoms with Crippen LogP contribution in [0.5, 0.6) is 0 Å². The number of nitrogens with zero attached hydrogens (tertiary/aromatic N) is 4. The van der Waals surface area contributed by atoms with Crippen molar-refractivity contribution in [2.45, 2.75) is 26.4 Å². The van der Waals surface area contributed by atoms with Gasteiger partial charge in [-0.25, -0.2) is 4.98 Å². The van der Waals surface area contributed by atoms with Gasteiger partial charge in [0, 0.05) is 38.6 Å². The molecule has 1 N–H and O–H groups in total. The second-order valence-electron chi connectivity index (χ2n) is 4.93. The summed E-state index contributed by atoms with van der Waals surface area (Å²) in [6.07, 6.45) is 4.86. The van der Waals surface area contributed by atoms with Crippen molar-refractivity contribution in [3.8, 4) is 0 Å². The minimum Gasteiger partial charge on any atom is -0.480 e. The molecular weight excluding hydrogens is 244 g/mol. The zero-order chi connectivity index (χ0) is 13.7. The first kappa shape index (κ1) is 14.0. The first-order chi connectivity index (χ1) is 9.19. The highest BCUT2D eigenvalue weighted by molar-refractivity contribution is 5.69. The molecular formula is C13H22N4O2. The molecule has 1 aliphatic heterocycles. The molecule has 1 aromatic rings. The number of aryl methyl sites for hydroxylation is 1. The lowest BCUT2D eigenvalue weighted by atomic mass is 10.3. The molecule has 2 heterocycles. The third-order valence-electron chi connectivity index (χ3n) is 3.55. The monoisotopic (exact) mass is 266 g/mol. The first-order valence-corrected chi connectivity index (χ1v) is 6.85. The second kappa shape index (κ2) is 6.68. The molecule has 6 heteroatoms. The molecule has 0 radical (unpaired) electrons. The summed E-state index contributed by atoms with van der Waals surface area (Å²) in [5.74, 6) is 0.351. The van der Waals surface area contributed by atoms with Gasteiger partial charge in [0.1, 0.15) is 5.82 Å². The van der Waals surface area contributed by atoms with Gasteiger partial charge in [-0.3, -0.25) is 14.6 Å². The van der Waals surface area contributed by atoms with E-state index in [1.165, 1.54) is 0 Å². The Balaban J connectivity index is 1.87. The summed E-state index contributed by atoms with van der Waals surface area (Å²) >= 11 is 0. The van der Waals surface area contributed by atoms with E-state index in [4.69, 9.17) is 5.11 Å². The van der Waals surface area contributed by atoms with Crippen LogP contribution in [0.2, 0.25) is 0 Å². The molecule has 2 rings (SSSR count). The minimum absolute atomic E-state index is 0.150. The topological polar surface area (TPSA) is 61.6 Å². The van der Waals surface area contributed by atoms with Crippen molar-refractivity contribution in [1.29, 1.82) is 0 Å². The summed E-state index contributed by atoms with van der Waals surface area (Å²) in [6, 6.07) is 0. The summed E-state index contributed by atoms with van der Waals surface area (Å²) < 4.78 is 2.15. The van der Waals surface area contributed by atoms with Gasteiger partial charge >= 0.3 is 5.97 Å². The lowest BCUT2D eigenvalue weighted by Crippen LogP contribution is -2.34. The van der Waals surface area contributed by atoms with Gasteiger partial charge in [-0.15, -0.1) is 0 Å². The number of carboxylic acids is 1. The summed E-state index contributed by atoms with van der Waals surface area (Å²) in [5.41, 5.74) is 0. The molecule has 1 saturated heterocycles. The summed E-state index contributed by atoms with van der Waals surface area (Å²) in [5, 5.41) is 8.83. The van der Waals surface area contributed by atoms with Crippen LogP contribution in [0.3, 0.4) is 0 Å². The van der Waals surface area contributed by atoms with Crippen molar-refractivity contribution in [2.24, 2.45) is 0 Å². The Morgan fingerprint density at radius 2 is 2.05 bits per heavy atom. The minimum atomic E-state index is -0.741. The smallest absolute Gasteiger partial charge is 0.317 e. The Morgan fingerprint density at radius 3 is 2.79 bits per heavy atom. The van der Waals surface area contributed by atoms with E-state index in [0.717, 1.165) is 51.5 Å². The summed E-state index contributed by atoms with van der Waals surface area (Å²) in [4.78, 5) is 19.5. The SMILES string of the molecule is CCn1ccnc1CN1CCCN(CC(=O)O)CC1. The Hall–Kier alpha value is -1.40. The molecule has 0 unspecified atom stereocenters. The number of hydrogen-bond donors (Lipinski definition) is 1. The van der Waals surface area contributed by atoms with Crippen LogP contribution < -0.4 is 0 Å². The van der Waals surface area contributed by atoms with Gasteiger partial charge in [0.25, 0.3) is 0 Å². The van der Waals surface area contributed by atoms with Crippen LogP contribution in [-0.2, 0) is 17.9 Å². The van der Waals surface area contributed by atoms with Crippen molar-refractivity contribution in [3.05, 3.63) is 18.2 Å². The molecule has 1 aliphatic rings. The van der Waals surface area contributed by atoms with Gasteiger partial charge in [-0.1, -0.05) is 0 Å². The van der Waals surface area contributed by atoms with E-state index in [0.29, 0.717) is 0 Å². The van der Waals surface area contributed by atoms with Gasteiger partial charge in [-0.05, 0) is 19.9 Å². The first-order valence-electron chi connectivity index (χ1n) is 6.85. The normalized spacial score (nSPS) is 18.4. The molecule has 0 atom stereocenters. The number of aromatic nitrogens is 2. The fraction of sp³-hybridized carbons (Fsp3) is 0.692. The predicted octanol–water partition coefficient (Wildman–Crippen LogP) is 0.495. The van der Waals surface area contributed by atoms with E-state index in [2.05, 4.69) is 21.4 Å². The lowest BCUT2D eigenvalue weighted by molar-refractivity contribution is -0.138. The number of carbonyl (C=O) groups is 1. The Morgan fingerprint density at radius 1 is 1.32 bits per heavy atom. The number of aliphatic carboxylic acids is 1. The fourth-order valence-corrected chi connectivity index (χ4v) is 2.51. The zero-order valence-corrected chi connectivity index (χ0v) is 11.5. The van der Waals surface area contributed by atoms with Crippen LogP contribution in [0.25, 0.3) is 0 Å². The molecule has 0 spiro atoms. The van der Waals surface area contributed by atoms with E-state index in [1.807, 2.05) is 17.3 Å². The van der Waals surface area contributed by atoms with E-state index in [1.54, 1.807) is 0 Å². The molecule has 19 heavy (non-hydrogen) atoms. The Kier molecular flexibility index (Phi) is 4.93. The maximum absolute atomic E-state index is 10.7. The van der Waals surface area contributed by atoms with Crippen LogP contribution in [0.4, 0.5) is 0 Å². The highest BCUT2D eigenvalue weighted by atomic mass is 16.4. The van der Waals surface area contributed by atoms with Crippen LogP contribution in [0.15, 0.2) is 12.4 Å². The van der Waals surface area contributed by atoms with Crippen molar-refractivity contribution in [2.75, 3.05) is 32.7 Å². The highest BCUT2D eigenvalue weighted by Gasteiger charge is 2.17. The van der Waals surface area contributed by atoms with Crippen molar-refractivity contribution < 1.29 is 9.90 Å². The molecule has 6 nitrogen and oxygen atoms in total. The average Bonchev–Trinajstić information content (AvgIpc) is 2.70. The van der Waals surface area contributed by atoms with Crippen LogP contribution >= 0.6 is 0 Å². The molecule has 0 bridgehead atoms. The highest BCUT2D eigenvalue weighted by Crippen LogP contribution is 2.08. The summed E-state index contributed by atoms with van der Waals surface area (Å²) in [6.45, 7) is 7.65. The van der Waals surface area contributed by atoms with Gasteiger partial charge in [0.15, 0.2) is 0 Å². The van der Waals surface area contributed by atoms with Crippen LogP contribution in [0.1, 0.15) is 19.2 Å². The Bertz CT molecular complexity index is 419. The van der Waals surface area contributed by atoms with Crippen molar-refractivity contribution in [1.82, 2.24) is 19.4 Å². The second-order valence-corrected chi connectivity index (χ2v) is 4.93. The maximum Gasteiger partial charge on any atom is 0.317 e. The third kappa shape index (κ3) is 4.04. The van der Waals surface area contributed by atoms with Crippen molar-refractivity contribution >= 4 is 5.97 Å². The molecule has 0 aromatic carbocycles. The van der Waals surface area contributed by atoms with Crippen LogP contribution in [0, 0.1) is 0 Å². The Labute approximate surface area is 113 Å². The van der Waals surface area contributed by atoms with E-state index in [-0.39, 0.29) is 6.54 Å². The van der Waals surface area contributed by atoms with E-state index in [9.17, 15) is 4.79 Å². The molecule has 106 valence electrons. The number of hydrogen-bond acceptors (Lipinski definition) is 4. The lowest BCUT2D eigenvalue weighted by Gasteiger charge is -2.20. The molecule has 0 saturated carbocycles. The number of rotatable bonds is 5. The maximum atomic E-state index is 10.7. The van der Waals surface area contributed by atoms with Crippen LogP contribution in [-0.4, -0.2) is 63.2 Å². The quantitative estimate of drug-likeness (QED) is 0.840. The van der Waals surface area contributed by atoms with Gasteiger partial charge < -0.3 is 9.67 Å². The van der Waals surface area contributed by atoms with Gasteiger partial charge in [0.05, 0.1) is 13.1 Å². The molecule has 0 aliphatic carbocycles. The van der Waals surface area contributed by atoms with Gasteiger partial charge in [0.2, 0.25) is 0 Å². The average molecular weight is 266 g/mol. The predicted molar refractivity (Wildman–Crippen MR) is 71.9 cm³/mol. The van der Waals surface area contributed by atoms with Gasteiger partial charge in [-0.2, -0.15) is 0 Å².